The zero-order valence-corrected chi connectivity index (χ0v) is 16.1. The van der Waals surface area contributed by atoms with Gasteiger partial charge in [-0.2, -0.15) is 0 Å². The van der Waals surface area contributed by atoms with Crippen LogP contribution in [0.1, 0.15) is 28.2 Å². The molecule has 0 atom stereocenters. The van der Waals surface area contributed by atoms with Crippen LogP contribution in [0.15, 0.2) is 54.6 Å². The minimum Gasteiger partial charge on any atom is -0.337 e. The Bertz CT molecular complexity index is 1000. The Kier molecular flexibility index (Phi) is 5.35. The first-order valence-electron chi connectivity index (χ1n) is 9.73. The largest absolute Gasteiger partial charge is 0.337 e. The molecule has 0 radical (unpaired) electrons. The summed E-state index contributed by atoms with van der Waals surface area (Å²) in [7, 11) is 0. The fraction of sp³-hybridized carbons (Fsp3) is 0.304. The maximum atomic E-state index is 14.1. The normalized spacial score (nSPS) is 15.6. The van der Waals surface area contributed by atoms with Crippen molar-refractivity contribution in [3.63, 3.8) is 0 Å². The van der Waals surface area contributed by atoms with Gasteiger partial charge in [-0.1, -0.05) is 30.3 Å². The molecule has 144 valence electrons. The molecule has 0 N–H and O–H groups in total. The van der Waals surface area contributed by atoms with Crippen LogP contribution in [0, 0.1) is 12.7 Å². The van der Waals surface area contributed by atoms with E-state index in [2.05, 4.69) is 9.88 Å². The summed E-state index contributed by atoms with van der Waals surface area (Å²) in [5.74, 6) is -0.313. The highest BCUT2D eigenvalue weighted by Crippen LogP contribution is 2.23. The maximum absolute atomic E-state index is 14.1. The van der Waals surface area contributed by atoms with E-state index in [9.17, 15) is 9.18 Å². The first kappa shape index (κ1) is 18.6. The molecule has 0 saturated carbocycles. The SMILES string of the molecule is Cc1cccc(CN2CCCN(C(=O)c3ccc(F)c4ccccc34)CC2)n1. The van der Waals surface area contributed by atoms with Crippen molar-refractivity contribution in [2.45, 2.75) is 19.9 Å². The number of hydrogen-bond donors (Lipinski definition) is 0. The number of carbonyl (C=O) groups is 1. The quantitative estimate of drug-likeness (QED) is 0.691. The molecule has 28 heavy (non-hydrogen) atoms. The molecular weight excluding hydrogens is 353 g/mol. The molecule has 0 aliphatic carbocycles. The summed E-state index contributed by atoms with van der Waals surface area (Å²) in [4.78, 5) is 22.0. The number of rotatable bonds is 3. The van der Waals surface area contributed by atoms with Crippen LogP contribution in [-0.2, 0) is 6.54 Å². The van der Waals surface area contributed by atoms with Gasteiger partial charge in [-0.15, -0.1) is 0 Å². The van der Waals surface area contributed by atoms with Gasteiger partial charge in [-0.3, -0.25) is 14.7 Å². The van der Waals surface area contributed by atoms with Crippen molar-refractivity contribution in [2.24, 2.45) is 0 Å². The van der Waals surface area contributed by atoms with Crippen LogP contribution in [0.3, 0.4) is 0 Å². The van der Waals surface area contributed by atoms with E-state index in [0.29, 0.717) is 29.4 Å². The molecular formula is C23H24FN3O. The molecule has 1 fully saturated rings. The third kappa shape index (κ3) is 3.90. The van der Waals surface area contributed by atoms with Crippen molar-refractivity contribution < 1.29 is 9.18 Å². The number of fused-ring (bicyclic) bond motifs is 1. The summed E-state index contributed by atoms with van der Waals surface area (Å²) in [6.45, 7) is 5.91. The van der Waals surface area contributed by atoms with Gasteiger partial charge in [0, 0.05) is 49.4 Å². The van der Waals surface area contributed by atoms with Gasteiger partial charge in [0.1, 0.15) is 5.82 Å². The van der Waals surface area contributed by atoms with E-state index in [4.69, 9.17) is 0 Å². The molecule has 2 heterocycles. The Labute approximate surface area is 164 Å². The average Bonchev–Trinajstić information content (AvgIpc) is 2.94. The summed E-state index contributed by atoms with van der Waals surface area (Å²) in [5, 5.41) is 1.17. The molecule has 3 aromatic rings. The Balaban J connectivity index is 1.49. The molecule has 1 aromatic heterocycles. The van der Waals surface area contributed by atoms with Crippen molar-refractivity contribution in [3.05, 3.63) is 77.4 Å². The lowest BCUT2D eigenvalue weighted by Gasteiger charge is -2.22. The van der Waals surface area contributed by atoms with E-state index in [1.165, 1.54) is 6.07 Å². The number of hydrogen-bond acceptors (Lipinski definition) is 3. The first-order valence-corrected chi connectivity index (χ1v) is 9.73. The molecule has 0 spiro atoms. The van der Waals surface area contributed by atoms with Gasteiger partial charge in [0.15, 0.2) is 0 Å². The van der Waals surface area contributed by atoms with Crippen LogP contribution in [-0.4, -0.2) is 46.9 Å². The van der Waals surface area contributed by atoms with Gasteiger partial charge >= 0.3 is 0 Å². The number of carbonyl (C=O) groups excluding carboxylic acids is 1. The summed E-state index contributed by atoms with van der Waals surface area (Å²) in [6, 6.07) is 16.3. The Morgan fingerprint density at radius 2 is 1.79 bits per heavy atom. The zero-order valence-electron chi connectivity index (χ0n) is 16.1. The number of pyridine rings is 1. The standard InChI is InChI=1S/C23H24FN3O/c1-17-6-4-7-18(25-17)16-26-12-5-13-27(15-14-26)23(28)21-10-11-22(24)20-9-3-2-8-19(20)21/h2-4,6-11H,5,12-16H2,1H3. The molecule has 5 heteroatoms. The number of aryl methyl sites for hydroxylation is 1. The lowest BCUT2D eigenvalue weighted by molar-refractivity contribution is 0.0763. The third-order valence-electron chi connectivity index (χ3n) is 5.31. The number of halogens is 1. The summed E-state index contributed by atoms with van der Waals surface area (Å²) < 4.78 is 14.1. The van der Waals surface area contributed by atoms with Gasteiger partial charge in [-0.05, 0) is 43.0 Å². The van der Waals surface area contributed by atoms with Crippen molar-refractivity contribution in [1.29, 1.82) is 0 Å². The molecule has 4 rings (SSSR count). The molecule has 1 amide bonds. The molecule has 1 aliphatic rings. The highest BCUT2D eigenvalue weighted by Gasteiger charge is 2.22. The maximum Gasteiger partial charge on any atom is 0.254 e. The molecule has 1 saturated heterocycles. The minimum absolute atomic E-state index is 0.0215. The van der Waals surface area contributed by atoms with Crippen molar-refractivity contribution in [3.8, 4) is 0 Å². The van der Waals surface area contributed by atoms with Crippen molar-refractivity contribution in [2.75, 3.05) is 26.2 Å². The topological polar surface area (TPSA) is 36.4 Å². The summed E-state index contributed by atoms with van der Waals surface area (Å²) >= 11 is 0. The molecule has 2 aromatic carbocycles. The second-order valence-corrected chi connectivity index (χ2v) is 7.33. The fourth-order valence-corrected chi connectivity index (χ4v) is 3.87. The van der Waals surface area contributed by atoms with Crippen molar-refractivity contribution in [1.82, 2.24) is 14.8 Å². The number of benzene rings is 2. The predicted octanol–water partition coefficient (Wildman–Crippen LogP) is 4.03. The minimum atomic E-state index is -0.292. The highest BCUT2D eigenvalue weighted by molar-refractivity contribution is 6.07. The third-order valence-corrected chi connectivity index (χ3v) is 5.31. The molecule has 4 nitrogen and oxygen atoms in total. The Morgan fingerprint density at radius 3 is 2.61 bits per heavy atom. The van der Waals surface area contributed by atoms with Crippen LogP contribution in [0.2, 0.25) is 0 Å². The van der Waals surface area contributed by atoms with Crippen LogP contribution >= 0.6 is 0 Å². The summed E-state index contributed by atoms with van der Waals surface area (Å²) in [5.41, 5.74) is 2.66. The highest BCUT2D eigenvalue weighted by atomic mass is 19.1. The van der Waals surface area contributed by atoms with Gasteiger partial charge < -0.3 is 4.90 Å². The van der Waals surface area contributed by atoms with E-state index in [1.54, 1.807) is 18.2 Å². The van der Waals surface area contributed by atoms with Gasteiger partial charge in [0.2, 0.25) is 0 Å². The Hall–Kier alpha value is -2.79. The lowest BCUT2D eigenvalue weighted by atomic mass is 10.0. The monoisotopic (exact) mass is 377 g/mol. The average molecular weight is 377 g/mol. The van der Waals surface area contributed by atoms with Crippen LogP contribution < -0.4 is 0 Å². The van der Waals surface area contributed by atoms with Gasteiger partial charge in [-0.25, -0.2) is 4.39 Å². The van der Waals surface area contributed by atoms with E-state index >= 15 is 0 Å². The number of aromatic nitrogens is 1. The van der Waals surface area contributed by atoms with E-state index in [-0.39, 0.29) is 11.7 Å². The van der Waals surface area contributed by atoms with Gasteiger partial charge in [0.25, 0.3) is 5.91 Å². The van der Waals surface area contributed by atoms with Crippen LogP contribution in [0.4, 0.5) is 4.39 Å². The lowest BCUT2D eigenvalue weighted by Crippen LogP contribution is -2.35. The summed E-state index contributed by atoms with van der Waals surface area (Å²) in [6.07, 6.45) is 0.913. The molecule has 0 unspecified atom stereocenters. The fourth-order valence-electron chi connectivity index (χ4n) is 3.87. The van der Waals surface area contributed by atoms with Crippen LogP contribution in [0.5, 0.6) is 0 Å². The zero-order chi connectivity index (χ0) is 19.5. The molecule has 0 bridgehead atoms. The van der Waals surface area contributed by atoms with Crippen molar-refractivity contribution >= 4 is 16.7 Å². The van der Waals surface area contributed by atoms with Gasteiger partial charge in [0.05, 0.1) is 5.69 Å². The second kappa shape index (κ2) is 8.07. The Morgan fingerprint density at radius 1 is 0.964 bits per heavy atom. The predicted molar refractivity (Wildman–Crippen MR) is 109 cm³/mol. The van der Waals surface area contributed by atoms with Crippen LogP contribution in [0.25, 0.3) is 10.8 Å². The molecule has 1 aliphatic heterocycles. The number of amides is 1. The first-order chi connectivity index (χ1) is 13.6. The second-order valence-electron chi connectivity index (χ2n) is 7.33. The van der Waals surface area contributed by atoms with E-state index < -0.39 is 0 Å². The van der Waals surface area contributed by atoms with E-state index in [0.717, 1.165) is 37.4 Å². The van der Waals surface area contributed by atoms with E-state index in [1.807, 2.05) is 42.2 Å². The number of nitrogens with zero attached hydrogens (tertiary/aromatic N) is 3. The smallest absolute Gasteiger partial charge is 0.254 e.